The summed E-state index contributed by atoms with van der Waals surface area (Å²) in [6.45, 7) is 3.70. The monoisotopic (exact) mass is 238 g/mol. The van der Waals surface area contributed by atoms with Crippen LogP contribution in [0, 0.1) is 6.92 Å². The number of carbonyl (C=O) groups is 1. The van der Waals surface area contributed by atoms with Crippen molar-refractivity contribution in [1.29, 1.82) is 0 Å². The van der Waals surface area contributed by atoms with Crippen LogP contribution < -0.4 is 9.47 Å². The first kappa shape index (κ1) is 13.4. The molecule has 1 unspecified atom stereocenters. The van der Waals surface area contributed by atoms with Gasteiger partial charge in [0.25, 0.3) is 0 Å². The third-order valence-electron chi connectivity index (χ3n) is 2.89. The summed E-state index contributed by atoms with van der Waals surface area (Å²) in [5, 5.41) is 9.18. The lowest BCUT2D eigenvalue weighted by molar-refractivity contribution is -0.138. The van der Waals surface area contributed by atoms with Gasteiger partial charge in [-0.3, -0.25) is 4.79 Å². The van der Waals surface area contributed by atoms with E-state index in [1.54, 1.807) is 26.4 Å². The number of rotatable bonds is 5. The highest BCUT2D eigenvalue weighted by molar-refractivity contribution is 5.77. The third-order valence-corrected chi connectivity index (χ3v) is 2.89. The predicted octanol–water partition coefficient (Wildman–Crippen LogP) is 2.59. The van der Waals surface area contributed by atoms with Crippen molar-refractivity contribution in [2.45, 2.75) is 26.2 Å². The molecule has 4 heteroatoms. The van der Waals surface area contributed by atoms with Crippen molar-refractivity contribution in [3.05, 3.63) is 23.3 Å². The second-order valence-electron chi connectivity index (χ2n) is 3.81. The van der Waals surface area contributed by atoms with Crippen LogP contribution in [0.4, 0.5) is 0 Å². The summed E-state index contributed by atoms with van der Waals surface area (Å²) in [6, 6.07) is 3.53. The summed E-state index contributed by atoms with van der Waals surface area (Å²) in [5.74, 6) is -0.0886. The molecule has 1 atom stereocenters. The molecule has 94 valence electrons. The molecule has 4 nitrogen and oxygen atoms in total. The van der Waals surface area contributed by atoms with E-state index in [2.05, 4.69) is 0 Å². The summed E-state index contributed by atoms with van der Waals surface area (Å²) in [5.41, 5.74) is 1.52. The van der Waals surface area contributed by atoms with E-state index in [1.165, 1.54) is 0 Å². The van der Waals surface area contributed by atoms with Gasteiger partial charge in [-0.1, -0.05) is 13.0 Å². The van der Waals surface area contributed by atoms with E-state index in [4.69, 9.17) is 9.47 Å². The molecule has 0 fully saturated rings. The summed E-state index contributed by atoms with van der Waals surface area (Å²) in [7, 11) is 3.12. The minimum absolute atomic E-state index is 0.525. The van der Waals surface area contributed by atoms with Crippen LogP contribution in [0.2, 0.25) is 0 Å². The smallest absolute Gasteiger partial charge is 0.311 e. The normalized spacial score (nSPS) is 12.0. The summed E-state index contributed by atoms with van der Waals surface area (Å²) in [4.78, 5) is 11.2. The molecule has 17 heavy (non-hydrogen) atoms. The van der Waals surface area contributed by atoms with E-state index >= 15 is 0 Å². The molecule has 0 aromatic heterocycles. The van der Waals surface area contributed by atoms with Crippen molar-refractivity contribution in [2.75, 3.05) is 14.2 Å². The zero-order valence-corrected chi connectivity index (χ0v) is 10.6. The van der Waals surface area contributed by atoms with Crippen LogP contribution in [-0.2, 0) is 4.79 Å². The summed E-state index contributed by atoms with van der Waals surface area (Å²) in [6.07, 6.45) is 0.525. The van der Waals surface area contributed by atoms with Crippen LogP contribution in [0.25, 0.3) is 0 Å². The maximum atomic E-state index is 11.2. The molecule has 0 bridgehead atoms. The SMILES string of the molecule is CCC(C(=O)O)c1ccc(OC)c(C)c1OC. The van der Waals surface area contributed by atoms with Gasteiger partial charge in [0, 0.05) is 11.1 Å². The highest BCUT2D eigenvalue weighted by Crippen LogP contribution is 2.36. The van der Waals surface area contributed by atoms with E-state index < -0.39 is 11.9 Å². The van der Waals surface area contributed by atoms with Crippen LogP contribution in [0.3, 0.4) is 0 Å². The van der Waals surface area contributed by atoms with Gasteiger partial charge in [0.05, 0.1) is 20.1 Å². The standard InChI is InChI=1S/C13H18O4/c1-5-9(13(14)15)10-6-7-11(16-3)8(2)12(10)17-4/h6-7,9H,5H2,1-4H3,(H,14,15). The third kappa shape index (κ3) is 2.52. The molecule has 0 amide bonds. The van der Waals surface area contributed by atoms with Crippen molar-refractivity contribution in [2.24, 2.45) is 0 Å². The molecular formula is C13H18O4. The molecule has 1 N–H and O–H groups in total. The molecule has 0 spiro atoms. The number of carboxylic acids is 1. The Labute approximate surface area is 101 Å². The maximum Gasteiger partial charge on any atom is 0.311 e. The van der Waals surface area contributed by atoms with Crippen LogP contribution in [0.15, 0.2) is 12.1 Å². The number of carboxylic acid groups (broad SMARTS) is 1. The highest BCUT2D eigenvalue weighted by atomic mass is 16.5. The fourth-order valence-electron chi connectivity index (χ4n) is 1.99. The molecule has 0 heterocycles. The molecule has 0 radical (unpaired) electrons. The van der Waals surface area contributed by atoms with E-state index in [-0.39, 0.29) is 0 Å². The predicted molar refractivity (Wildman–Crippen MR) is 65.0 cm³/mol. The van der Waals surface area contributed by atoms with Gasteiger partial charge in [-0.2, -0.15) is 0 Å². The van der Waals surface area contributed by atoms with Gasteiger partial charge in [0.1, 0.15) is 11.5 Å². The lowest BCUT2D eigenvalue weighted by Crippen LogP contribution is -2.12. The van der Waals surface area contributed by atoms with Crippen LogP contribution in [0.5, 0.6) is 11.5 Å². The van der Waals surface area contributed by atoms with Crippen LogP contribution >= 0.6 is 0 Å². The largest absolute Gasteiger partial charge is 0.496 e. The fraction of sp³-hybridized carbons (Fsp3) is 0.462. The Bertz CT molecular complexity index is 412. The average Bonchev–Trinajstić information content (AvgIpc) is 2.30. The molecule has 0 saturated heterocycles. The molecule has 0 aliphatic rings. The molecule has 1 aromatic rings. The highest BCUT2D eigenvalue weighted by Gasteiger charge is 2.23. The Morgan fingerprint density at radius 3 is 2.41 bits per heavy atom. The zero-order valence-electron chi connectivity index (χ0n) is 10.6. The van der Waals surface area contributed by atoms with E-state index in [1.807, 2.05) is 13.8 Å². The summed E-state index contributed by atoms with van der Waals surface area (Å²) >= 11 is 0. The van der Waals surface area contributed by atoms with E-state index in [0.29, 0.717) is 23.5 Å². The maximum absolute atomic E-state index is 11.2. The molecule has 1 aromatic carbocycles. The number of methoxy groups -OCH3 is 2. The number of benzene rings is 1. The zero-order chi connectivity index (χ0) is 13.0. The number of ether oxygens (including phenoxy) is 2. The Morgan fingerprint density at radius 2 is 2.00 bits per heavy atom. The van der Waals surface area contributed by atoms with Gasteiger partial charge >= 0.3 is 5.97 Å². The molecule has 0 saturated carbocycles. The van der Waals surface area contributed by atoms with E-state index in [0.717, 1.165) is 5.56 Å². The van der Waals surface area contributed by atoms with Gasteiger partial charge in [0.2, 0.25) is 0 Å². The first-order chi connectivity index (χ1) is 8.06. The van der Waals surface area contributed by atoms with Crippen molar-refractivity contribution >= 4 is 5.97 Å². The van der Waals surface area contributed by atoms with Crippen LogP contribution in [-0.4, -0.2) is 25.3 Å². The van der Waals surface area contributed by atoms with Crippen LogP contribution in [0.1, 0.15) is 30.4 Å². The van der Waals surface area contributed by atoms with Gasteiger partial charge in [0.15, 0.2) is 0 Å². The van der Waals surface area contributed by atoms with Crippen molar-refractivity contribution in [3.8, 4) is 11.5 Å². The van der Waals surface area contributed by atoms with Crippen molar-refractivity contribution in [1.82, 2.24) is 0 Å². The molecule has 0 aliphatic carbocycles. The number of hydrogen-bond donors (Lipinski definition) is 1. The lowest BCUT2D eigenvalue weighted by Gasteiger charge is -2.18. The van der Waals surface area contributed by atoms with Gasteiger partial charge in [-0.25, -0.2) is 0 Å². The Kier molecular flexibility index (Phi) is 4.37. The van der Waals surface area contributed by atoms with E-state index in [9.17, 15) is 9.90 Å². The Balaban J connectivity index is 3.33. The molecule has 0 aliphatic heterocycles. The summed E-state index contributed by atoms with van der Waals surface area (Å²) < 4.78 is 10.5. The fourth-order valence-corrected chi connectivity index (χ4v) is 1.99. The number of aliphatic carboxylic acids is 1. The van der Waals surface area contributed by atoms with Crippen molar-refractivity contribution < 1.29 is 19.4 Å². The van der Waals surface area contributed by atoms with Gasteiger partial charge < -0.3 is 14.6 Å². The Hall–Kier alpha value is -1.71. The minimum Gasteiger partial charge on any atom is -0.496 e. The second kappa shape index (κ2) is 5.57. The topological polar surface area (TPSA) is 55.8 Å². The quantitative estimate of drug-likeness (QED) is 0.856. The number of hydrogen-bond acceptors (Lipinski definition) is 3. The first-order valence-electron chi connectivity index (χ1n) is 5.51. The van der Waals surface area contributed by atoms with Crippen molar-refractivity contribution in [3.63, 3.8) is 0 Å². The Morgan fingerprint density at radius 1 is 1.35 bits per heavy atom. The average molecular weight is 238 g/mol. The molecular weight excluding hydrogens is 220 g/mol. The molecule has 1 rings (SSSR count). The lowest BCUT2D eigenvalue weighted by atomic mass is 9.93. The van der Waals surface area contributed by atoms with Gasteiger partial charge in [-0.05, 0) is 19.4 Å². The second-order valence-corrected chi connectivity index (χ2v) is 3.81. The first-order valence-corrected chi connectivity index (χ1v) is 5.51. The minimum atomic E-state index is -0.838. The van der Waals surface area contributed by atoms with Gasteiger partial charge in [-0.15, -0.1) is 0 Å².